The quantitative estimate of drug-likeness (QED) is 0.920. The van der Waals surface area contributed by atoms with Gasteiger partial charge in [0, 0.05) is 11.3 Å². The molecule has 4 nitrogen and oxygen atoms in total. The van der Waals surface area contributed by atoms with Crippen molar-refractivity contribution in [1.29, 1.82) is 0 Å². The summed E-state index contributed by atoms with van der Waals surface area (Å²) < 4.78 is 5.06. The lowest BCUT2D eigenvalue weighted by molar-refractivity contribution is -0.115. The number of carbonyl (C=O) groups excluding carboxylic acids is 1. The number of rotatable bonds is 3. The number of carbonyl (C=O) groups is 1. The van der Waals surface area contributed by atoms with Gasteiger partial charge in [0.25, 0.3) is 0 Å². The van der Waals surface area contributed by atoms with E-state index in [0.29, 0.717) is 5.76 Å². The van der Waals surface area contributed by atoms with E-state index in [2.05, 4.69) is 10.5 Å². The monoisotopic (exact) mass is 258 g/mol. The van der Waals surface area contributed by atoms with Crippen molar-refractivity contribution < 1.29 is 9.32 Å². The van der Waals surface area contributed by atoms with Crippen LogP contribution in [0, 0.1) is 27.7 Å². The van der Waals surface area contributed by atoms with E-state index in [0.717, 1.165) is 28.1 Å². The van der Waals surface area contributed by atoms with Gasteiger partial charge in [0.15, 0.2) is 0 Å². The minimum absolute atomic E-state index is 0.0527. The van der Waals surface area contributed by atoms with Gasteiger partial charge >= 0.3 is 0 Å². The molecule has 0 aliphatic heterocycles. The van der Waals surface area contributed by atoms with Gasteiger partial charge in [0.05, 0.1) is 12.1 Å². The standard InChI is InChI=1S/C15H18N2O2/c1-9-6-5-7-14(10(9)2)16-15(18)8-13-11(3)17-19-12(13)4/h5-7H,8H2,1-4H3,(H,16,18). The highest BCUT2D eigenvalue weighted by Crippen LogP contribution is 2.19. The Hall–Kier alpha value is -2.10. The second kappa shape index (κ2) is 5.26. The number of anilines is 1. The summed E-state index contributed by atoms with van der Waals surface area (Å²) >= 11 is 0. The molecule has 1 aromatic carbocycles. The molecular formula is C15H18N2O2. The third-order valence-corrected chi connectivity index (χ3v) is 3.40. The van der Waals surface area contributed by atoms with Crippen LogP contribution in [0.3, 0.4) is 0 Å². The van der Waals surface area contributed by atoms with Crippen LogP contribution in [0.25, 0.3) is 0 Å². The first-order valence-electron chi connectivity index (χ1n) is 6.27. The van der Waals surface area contributed by atoms with Crippen molar-refractivity contribution in [3.63, 3.8) is 0 Å². The molecule has 19 heavy (non-hydrogen) atoms. The average Bonchev–Trinajstić information content (AvgIpc) is 2.67. The van der Waals surface area contributed by atoms with Crippen molar-refractivity contribution in [2.75, 3.05) is 5.32 Å². The Bertz CT molecular complexity index is 595. The van der Waals surface area contributed by atoms with E-state index in [9.17, 15) is 4.79 Å². The topological polar surface area (TPSA) is 55.1 Å². The van der Waals surface area contributed by atoms with E-state index in [1.807, 2.05) is 45.9 Å². The Morgan fingerprint density at radius 3 is 2.63 bits per heavy atom. The molecule has 0 atom stereocenters. The second-order valence-corrected chi connectivity index (χ2v) is 4.78. The van der Waals surface area contributed by atoms with Gasteiger partial charge in [-0.2, -0.15) is 0 Å². The predicted molar refractivity (Wildman–Crippen MR) is 74.2 cm³/mol. The molecular weight excluding hydrogens is 240 g/mol. The maximum atomic E-state index is 12.1. The first-order chi connectivity index (χ1) is 8.99. The molecule has 0 aliphatic rings. The van der Waals surface area contributed by atoms with E-state index in [1.165, 1.54) is 0 Å². The van der Waals surface area contributed by atoms with Crippen molar-refractivity contribution >= 4 is 11.6 Å². The van der Waals surface area contributed by atoms with Crippen LogP contribution in [0.1, 0.15) is 28.1 Å². The van der Waals surface area contributed by atoms with Gasteiger partial charge in [-0.05, 0) is 44.9 Å². The Balaban J connectivity index is 2.12. The molecule has 1 heterocycles. The lowest BCUT2D eigenvalue weighted by atomic mass is 10.1. The number of nitrogens with zero attached hydrogens (tertiary/aromatic N) is 1. The SMILES string of the molecule is Cc1cccc(NC(=O)Cc2c(C)noc2C)c1C. The first-order valence-corrected chi connectivity index (χ1v) is 6.27. The van der Waals surface area contributed by atoms with Crippen molar-refractivity contribution in [1.82, 2.24) is 5.16 Å². The molecule has 0 radical (unpaired) electrons. The van der Waals surface area contributed by atoms with E-state index in [-0.39, 0.29) is 12.3 Å². The Morgan fingerprint density at radius 1 is 1.26 bits per heavy atom. The summed E-state index contributed by atoms with van der Waals surface area (Å²) in [5, 5.41) is 6.79. The summed E-state index contributed by atoms with van der Waals surface area (Å²) in [6, 6.07) is 5.88. The third-order valence-electron chi connectivity index (χ3n) is 3.40. The van der Waals surface area contributed by atoms with Crippen molar-refractivity contribution in [3.8, 4) is 0 Å². The van der Waals surface area contributed by atoms with Crippen LogP contribution in [0.15, 0.2) is 22.7 Å². The summed E-state index contributed by atoms with van der Waals surface area (Å²) in [5.74, 6) is 0.650. The molecule has 1 aromatic heterocycles. The average molecular weight is 258 g/mol. The number of aromatic nitrogens is 1. The lowest BCUT2D eigenvalue weighted by Gasteiger charge is -2.10. The molecule has 1 amide bonds. The zero-order valence-corrected chi connectivity index (χ0v) is 11.7. The highest BCUT2D eigenvalue weighted by molar-refractivity contribution is 5.93. The van der Waals surface area contributed by atoms with Gasteiger partial charge in [0.1, 0.15) is 5.76 Å². The van der Waals surface area contributed by atoms with Crippen LogP contribution < -0.4 is 5.32 Å². The van der Waals surface area contributed by atoms with Crippen LogP contribution in [-0.2, 0) is 11.2 Å². The summed E-state index contributed by atoms with van der Waals surface area (Å²) in [4.78, 5) is 12.1. The van der Waals surface area contributed by atoms with Crippen LogP contribution in [0.4, 0.5) is 5.69 Å². The molecule has 2 aromatic rings. The second-order valence-electron chi connectivity index (χ2n) is 4.78. The van der Waals surface area contributed by atoms with Gasteiger partial charge in [-0.25, -0.2) is 0 Å². The summed E-state index contributed by atoms with van der Waals surface area (Å²) in [6.07, 6.45) is 0.286. The number of aryl methyl sites for hydroxylation is 3. The van der Waals surface area contributed by atoms with Gasteiger partial charge in [-0.15, -0.1) is 0 Å². The smallest absolute Gasteiger partial charge is 0.229 e. The highest BCUT2D eigenvalue weighted by Gasteiger charge is 2.14. The van der Waals surface area contributed by atoms with Crippen molar-refractivity contribution in [3.05, 3.63) is 46.3 Å². The molecule has 0 spiro atoms. The molecule has 100 valence electrons. The van der Waals surface area contributed by atoms with Crippen molar-refractivity contribution in [2.24, 2.45) is 0 Å². The number of benzene rings is 1. The minimum atomic E-state index is -0.0527. The first kappa shape index (κ1) is 13.3. The molecule has 0 unspecified atom stereocenters. The van der Waals surface area contributed by atoms with E-state index < -0.39 is 0 Å². The Kier molecular flexibility index (Phi) is 3.69. The van der Waals surface area contributed by atoms with E-state index >= 15 is 0 Å². The fourth-order valence-electron chi connectivity index (χ4n) is 2.00. The number of hydrogen-bond donors (Lipinski definition) is 1. The summed E-state index contributed by atoms with van der Waals surface area (Å²) in [7, 11) is 0. The summed E-state index contributed by atoms with van der Waals surface area (Å²) in [5.41, 5.74) is 4.75. The van der Waals surface area contributed by atoms with Gasteiger partial charge < -0.3 is 9.84 Å². The maximum absolute atomic E-state index is 12.1. The summed E-state index contributed by atoms with van der Waals surface area (Å²) in [6.45, 7) is 7.69. The highest BCUT2D eigenvalue weighted by atomic mass is 16.5. The lowest BCUT2D eigenvalue weighted by Crippen LogP contribution is -2.16. The zero-order chi connectivity index (χ0) is 14.0. The zero-order valence-electron chi connectivity index (χ0n) is 11.7. The fraction of sp³-hybridized carbons (Fsp3) is 0.333. The molecule has 0 aliphatic carbocycles. The molecule has 4 heteroatoms. The van der Waals surface area contributed by atoms with Gasteiger partial charge in [-0.1, -0.05) is 17.3 Å². The third kappa shape index (κ3) is 2.84. The molecule has 0 bridgehead atoms. The molecule has 0 saturated carbocycles. The minimum Gasteiger partial charge on any atom is -0.361 e. The largest absolute Gasteiger partial charge is 0.361 e. The van der Waals surface area contributed by atoms with Gasteiger partial charge in [0.2, 0.25) is 5.91 Å². The van der Waals surface area contributed by atoms with Crippen LogP contribution >= 0.6 is 0 Å². The van der Waals surface area contributed by atoms with Crippen LogP contribution in [0.2, 0.25) is 0 Å². The Morgan fingerprint density at radius 2 is 2.00 bits per heavy atom. The fourth-order valence-corrected chi connectivity index (χ4v) is 2.00. The van der Waals surface area contributed by atoms with E-state index in [4.69, 9.17) is 4.52 Å². The predicted octanol–water partition coefficient (Wildman–Crippen LogP) is 3.09. The van der Waals surface area contributed by atoms with Crippen molar-refractivity contribution in [2.45, 2.75) is 34.1 Å². The molecule has 0 fully saturated rings. The Labute approximate surface area is 112 Å². The number of amides is 1. The normalized spacial score (nSPS) is 10.5. The number of nitrogens with one attached hydrogen (secondary N) is 1. The number of hydrogen-bond acceptors (Lipinski definition) is 3. The van der Waals surface area contributed by atoms with Gasteiger partial charge in [-0.3, -0.25) is 4.79 Å². The molecule has 0 saturated heterocycles. The van der Waals surface area contributed by atoms with Crippen LogP contribution in [0.5, 0.6) is 0 Å². The van der Waals surface area contributed by atoms with Crippen LogP contribution in [-0.4, -0.2) is 11.1 Å². The maximum Gasteiger partial charge on any atom is 0.229 e. The molecule has 1 N–H and O–H groups in total. The molecule has 2 rings (SSSR count). The van der Waals surface area contributed by atoms with E-state index in [1.54, 1.807) is 0 Å².